The lowest BCUT2D eigenvalue weighted by Crippen LogP contribution is -1.88. The summed E-state index contributed by atoms with van der Waals surface area (Å²) in [6.45, 7) is 3.76. The van der Waals surface area contributed by atoms with Crippen molar-refractivity contribution in [3.05, 3.63) is 24.3 Å². The minimum absolute atomic E-state index is 0.343. The topological polar surface area (TPSA) is 69.1 Å². The van der Waals surface area contributed by atoms with Gasteiger partial charge in [0.1, 0.15) is 5.78 Å². The molecule has 0 aliphatic rings. The van der Waals surface area contributed by atoms with E-state index in [0.717, 1.165) is 11.4 Å². The Labute approximate surface area is 85.1 Å². The summed E-state index contributed by atoms with van der Waals surface area (Å²) in [7, 11) is 0. The van der Waals surface area contributed by atoms with Crippen LogP contribution in [0.1, 0.15) is 26.7 Å². The van der Waals surface area contributed by atoms with E-state index in [4.69, 9.17) is 11.5 Å². The van der Waals surface area contributed by atoms with Gasteiger partial charge >= 0.3 is 0 Å². The number of anilines is 2. The van der Waals surface area contributed by atoms with Gasteiger partial charge in [-0.3, -0.25) is 4.79 Å². The molecule has 0 radical (unpaired) electrons. The van der Waals surface area contributed by atoms with E-state index < -0.39 is 0 Å². The highest BCUT2D eigenvalue weighted by Crippen LogP contribution is 2.04. The molecule has 78 valence electrons. The number of benzene rings is 1. The smallest absolute Gasteiger partial charge is 0.132 e. The molecule has 0 aromatic heterocycles. The van der Waals surface area contributed by atoms with Crippen LogP contribution in [0, 0.1) is 0 Å². The van der Waals surface area contributed by atoms with E-state index in [0.29, 0.717) is 18.6 Å². The first-order valence-electron chi connectivity index (χ1n) is 4.72. The monoisotopic (exact) mass is 194 g/mol. The Morgan fingerprint density at radius 2 is 1.29 bits per heavy atom. The molecule has 3 nitrogen and oxygen atoms in total. The van der Waals surface area contributed by atoms with E-state index in [1.54, 1.807) is 24.3 Å². The molecular weight excluding hydrogens is 176 g/mol. The number of ketones is 1. The molecule has 0 atom stereocenters. The maximum atomic E-state index is 10.2. The van der Waals surface area contributed by atoms with Gasteiger partial charge in [-0.15, -0.1) is 0 Å². The van der Waals surface area contributed by atoms with Crippen molar-refractivity contribution in [2.24, 2.45) is 0 Å². The molecule has 3 heteroatoms. The van der Waals surface area contributed by atoms with Crippen LogP contribution >= 0.6 is 0 Å². The van der Waals surface area contributed by atoms with Crippen LogP contribution in [-0.4, -0.2) is 5.78 Å². The average molecular weight is 194 g/mol. The van der Waals surface area contributed by atoms with Crippen LogP contribution in [0.25, 0.3) is 0 Å². The van der Waals surface area contributed by atoms with Gasteiger partial charge in [0, 0.05) is 24.2 Å². The maximum absolute atomic E-state index is 10.2. The Balaban J connectivity index is 0.000000255. The van der Waals surface area contributed by atoms with Gasteiger partial charge in [-0.05, 0) is 24.3 Å². The zero-order valence-corrected chi connectivity index (χ0v) is 8.79. The zero-order chi connectivity index (χ0) is 11.0. The number of hydrogen-bond donors (Lipinski definition) is 2. The summed E-state index contributed by atoms with van der Waals surface area (Å²) in [5.74, 6) is 0.343. The van der Waals surface area contributed by atoms with Gasteiger partial charge in [-0.25, -0.2) is 0 Å². The van der Waals surface area contributed by atoms with Gasteiger partial charge in [0.05, 0.1) is 0 Å². The molecule has 1 aromatic rings. The predicted molar refractivity (Wildman–Crippen MR) is 60.9 cm³/mol. The van der Waals surface area contributed by atoms with Crippen molar-refractivity contribution in [1.29, 1.82) is 0 Å². The van der Waals surface area contributed by atoms with Crippen LogP contribution in [0.5, 0.6) is 0 Å². The molecule has 0 spiro atoms. The molecule has 4 N–H and O–H groups in total. The lowest BCUT2D eigenvalue weighted by Gasteiger charge is -1.90. The SMILES string of the molecule is CCC(=O)CC.Nc1ccc(N)cc1. The van der Waals surface area contributed by atoms with E-state index in [9.17, 15) is 4.79 Å². The van der Waals surface area contributed by atoms with Crippen molar-refractivity contribution in [2.75, 3.05) is 11.5 Å². The van der Waals surface area contributed by atoms with Crippen molar-refractivity contribution >= 4 is 17.2 Å². The van der Waals surface area contributed by atoms with E-state index in [2.05, 4.69) is 0 Å². The minimum Gasteiger partial charge on any atom is -0.399 e. The van der Waals surface area contributed by atoms with Crippen molar-refractivity contribution < 1.29 is 4.79 Å². The molecule has 0 unspecified atom stereocenters. The van der Waals surface area contributed by atoms with Crippen LogP contribution < -0.4 is 11.5 Å². The summed E-state index contributed by atoms with van der Waals surface area (Å²) >= 11 is 0. The fourth-order valence-corrected chi connectivity index (χ4v) is 0.746. The Bertz CT molecular complexity index is 240. The minimum atomic E-state index is 0.343. The molecule has 1 rings (SSSR count). The Kier molecular flexibility index (Phi) is 6.20. The summed E-state index contributed by atoms with van der Waals surface area (Å²) in [5, 5.41) is 0. The third kappa shape index (κ3) is 6.06. The fourth-order valence-electron chi connectivity index (χ4n) is 0.746. The van der Waals surface area contributed by atoms with Crippen LogP contribution in [0.2, 0.25) is 0 Å². The van der Waals surface area contributed by atoms with Crippen LogP contribution in [0.4, 0.5) is 11.4 Å². The number of hydrogen-bond acceptors (Lipinski definition) is 3. The normalized spacial score (nSPS) is 8.71. The van der Waals surface area contributed by atoms with Crippen molar-refractivity contribution in [3.63, 3.8) is 0 Å². The average Bonchev–Trinajstić information content (AvgIpc) is 2.22. The fraction of sp³-hybridized carbons (Fsp3) is 0.364. The largest absolute Gasteiger partial charge is 0.399 e. The molecule has 0 bridgehead atoms. The number of carbonyl (C=O) groups is 1. The molecule has 0 aliphatic heterocycles. The van der Waals surface area contributed by atoms with Gasteiger partial charge in [-0.1, -0.05) is 13.8 Å². The second-order valence-corrected chi connectivity index (χ2v) is 2.91. The first-order chi connectivity index (χ1) is 6.60. The second kappa shape index (κ2) is 6.95. The van der Waals surface area contributed by atoms with E-state index in [-0.39, 0.29) is 0 Å². The van der Waals surface area contributed by atoms with E-state index in [1.807, 2.05) is 13.8 Å². The van der Waals surface area contributed by atoms with E-state index in [1.165, 1.54) is 0 Å². The molecule has 0 fully saturated rings. The molecule has 0 saturated carbocycles. The summed E-state index contributed by atoms with van der Waals surface area (Å²) in [5.41, 5.74) is 12.2. The molecule has 0 amide bonds. The highest BCUT2D eigenvalue weighted by Gasteiger charge is 1.86. The maximum Gasteiger partial charge on any atom is 0.132 e. The van der Waals surface area contributed by atoms with Crippen molar-refractivity contribution in [1.82, 2.24) is 0 Å². The van der Waals surface area contributed by atoms with Gasteiger partial charge in [0.2, 0.25) is 0 Å². The number of Topliss-reactive ketones (excluding diaryl/α,β-unsaturated/α-hetero) is 1. The Hall–Kier alpha value is -1.51. The summed E-state index contributed by atoms with van der Waals surface area (Å²) in [6.07, 6.45) is 1.38. The molecular formula is C11H18N2O. The number of rotatable bonds is 2. The molecule has 1 aromatic carbocycles. The van der Waals surface area contributed by atoms with Crippen LogP contribution in [0.3, 0.4) is 0 Å². The third-order valence-corrected chi connectivity index (χ3v) is 1.73. The highest BCUT2D eigenvalue weighted by molar-refractivity contribution is 5.77. The van der Waals surface area contributed by atoms with Crippen LogP contribution in [0.15, 0.2) is 24.3 Å². The highest BCUT2D eigenvalue weighted by atomic mass is 16.1. The Morgan fingerprint density at radius 1 is 1.00 bits per heavy atom. The third-order valence-electron chi connectivity index (χ3n) is 1.73. The van der Waals surface area contributed by atoms with Crippen LogP contribution in [-0.2, 0) is 4.79 Å². The molecule has 0 heterocycles. The Morgan fingerprint density at radius 3 is 1.43 bits per heavy atom. The summed E-state index contributed by atoms with van der Waals surface area (Å²) in [4.78, 5) is 10.2. The molecule has 14 heavy (non-hydrogen) atoms. The number of nitrogen functional groups attached to an aromatic ring is 2. The first kappa shape index (κ1) is 12.5. The zero-order valence-electron chi connectivity index (χ0n) is 8.79. The van der Waals surface area contributed by atoms with E-state index >= 15 is 0 Å². The van der Waals surface area contributed by atoms with Gasteiger partial charge in [0.25, 0.3) is 0 Å². The van der Waals surface area contributed by atoms with Gasteiger partial charge < -0.3 is 11.5 Å². The van der Waals surface area contributed by atoms with Crippen molar-refractivity contribution in [3.8, 4) is 0 Å². The molecule has 0 aliphatic carbocycles. The summed E-state index contributed by atoms with van der Waals surface area (Å²) < 4.78 is 0. The number of nitrogens with two attached hydrogens (primary N) is 2. The summed E-state index contributed by atoms with van der Waals surface area (Å²) in [6, 6.07) is 7.09. The molecule has 0 saturated heterocycles. The first-order valence-corrected chi connectivity index (χ1v) is 4.72. The van der Waals surface area contributed by atoms with Gasteiger partial charge in [0.15, 0.2) is 0 Å². The predicted octanol–water partition coefficient (Wildman–Crippen LogP) is 2.23. The standard InChI is InChI=1S/C6H8N2.C5H10O/c7-5-1-2-6(8)4-3-5;1-3-5(6)4-2/h1-4H,7-8H2;3-4H2,1-2H3. The van der Waals surface area contributed by atoms with Crippen molar-refractivity contribution in [2.45, 2.75) is 26.7 Å². The lowest BCUT2D eigenvalue weighted by atomic mass is 10.3. The quantitative estimate of drug-likeness (QED) is 0.709. The number of carbonyl (C=O) groups excluding carboxylic acids is 1. The second-order valence-electron chi connectivity index (χ2n) is 2.91. The lowest BCUT2D eigenvalue weighted by molar-refractivity contribution is -0.118. The van der Waals surface area contributed by atoms with Gasteiger partial charge in [-0.2, -0.15) is 0 Å².